The third-order valence-electron chi connectivity index (χ3n) is 6.71. The van der Waals surface area contributed by atoms with Crippen molar-refractivity contribution in [1.29, 1.82) is 0 Å². The molecule has 3 rings (SSSR count). The lowest BCUT2D eigenvalue weighted by molar-refractivity contribution is -0.155. The van der Waals surface area contributed by atoms with Crippen LogP contribution in [0.3, 0.4) is 0 Å². The summed E-state index contributed by atoms with van der Waals surface area (Å²) in [5.41, 5.74) is 4.14. The highest BCUT2D eigenvalue weighted by Crippen LogP contribution is 2.29. The van der Waals surface area contributed by atoms with Gasteiger partial charge in [0.15, 0.2) is 6.61 Å². The minimum absolute atomic E-state index is 0.0255. The maximum absolute atomic E-state index is 13.1. The summed E-state index contributed by atoms with van der Waals surface area (Å²) >= 11 is 0. The molecule has 0 unspecified atom stereocenters. The molecule has 0 N–H and O–H groups in total. The molecule has 1 aromatic carbocycles. The second-order valence-corrected chi connectivity index (χ2v) is 9.09. The van der Waals surface area contributed by atoms with Gasteiger partial charge >= 0.3 is 11.9 Å². The third-order valence-corrected chi connectivity index (χ3v) is 6.71. The molecule has 1 fully saturated rings. The summed E-state index contributed by atoms with van der Waals surface area (Å²) in [5, 5.41) is 0. The first-order chi connectivity index (χ1) is 15.2. The van der Waals surface area contributed by atoms with Gasteiger partial charge in [0.05, 0.1) is 19.4 Å². The lowest BCUT2D eigenvalue weighted by atomic mass is 9.91. The number of fused-ring (bicyclic) bond motifs is 1. The van der Waals surface area contributed by atoms with Gasteiger partial charge < -0.3 is 14.4 Å². The number of benzene rings is 1. The first kappa shape index (κ1) is 24.0. The zero-order valence-corrected chi connectivity index (χ0v) is 19.4. The van der Waals surface area contributed by atoms with Crippen LogP contribution < -0.4 is 0 Å². The van der Waals surface area contributed by atoms with Gasteiger partial charge in [0.25, 0.3) is 0 Å². The number of likely N-dealkylation sites (tertiary alicyclic amines) is 1. The molecule has 0 aromatic heterocycles. The number of ether oxygens (including phenoxy) is 2. The molecule has 1 aliphatic carbocycles. The number of carbonyl (C=O) groups excluding carboxylic acids is 4. The normalized spacial score (nSPS) is 18.4. The second kappa shape index (κ2) is 10.3. The van der Waals surface area contributed by atoms with Gasteiger partial charge in [-0.25, -0.2) is 4.79 Å². The number of carbonyl (C=O) groups is 4. The van der Waals surface area contributed by atoms with E-state index < -0.39 is 23.9 Å². The number of nitrogens with zero attached hydrogens (tertiary/aromatic N) is 1. The Hall–Kier alpha value is -2.70. The molecule has 1 aliphatic heterocycles. The molecule has 7 nitrogen and oxygen atoms in total. The van der Waals surface area contributed by atoms with Crippen LogP contribution in [0.25, 0.3) is 0 Å². The van der Waals surface area contributed by atoms with Crippen LogP contribution in [0.15, 0.2) is 12.1 Å². The molecule has 0 saturated carbocycles. The maximum atomic E-state index is 13.1. The van der Waals surface area contributed by atoms with Crippen LogP contribution in [-0.4, -0.2) is 54.8 Å². The Morgan fingerprint density at radius 3 is 2.50 bits per heavy atom. The van der Waals surface area contributed by atoms with Gasteiger partial charge in [-0.2, -0.15) is 0 Å². The number of methoxy groups -OCH3 is 1. The van der Waals surface area contributed by atoms with Gasteiger partial charge in [0.1, 0.15) is 6.04 Å². The van der Waals surface area contributed by atoms with Crippen LogP contribution in [-0.2, 0) is 36.7 Å². The van der Waals surface area contributed by atoms with Crippen LogP contribution in [0, 0.1) is 18.8 Å². The summed E-state index contributed by atoms with van der Waals surface area (Å²) in [6.07, 6.45) is 4.01. The molecular formula is C25H33NO6. The molecule has 0 spiro atoms. The Bertz CT molecular complexity index is 906. The number of hydrogen-bond donors (Lipinski definition) is 0. The predicted octanol–water partition coefficient (Wildman–Crippen LogP) is 3.04. The van der Waals surface area contributed by atoms with E-state index in [1.165, 1.54) is 23.1 Å². The smallest absolute Gasteiger partial charge is 0.329 e. The monoisotopic (exact) mass is 443 g/mol. The highest BCUT2D eigenvalue weighted by atomic mass is 16.5. The summed E-state index contributed by atoms with van der Waals surface area (Å²) in [7, 11) is 1.29. The van der Waals surface area contributed by atoms with Gasteiger partial charge in [-0.1, -0.05) is 26.0 Å². The van der Waals surface area contributed by atoms with Crippen molar-refractivity contribution in [3.05, 3.63) is 34.4 Å². The van der Waals surface area contributed by atoms with E-state index in [-0.39, 0.29) is 30.6 Å². The highest BCUT2D eigenvalue weighted by Gasteiger charge is 2.40. The van der Waals surface area contributed by atoms with Crippen molar-refractivity contribution < 1.29 is 28.7 Å². The lowest BCUT2D eigenvalue weighted by Crippen LogP contribution is -2.46. The highest BCUT2D eigenvalue weighted by molar-refractivity contribution is 6.00. The number of aryl methyl sites for hydroxylation is 1. The molecule has 1 amide bonds. The Morgan fingerprint density at radius 2 is 1.81 bits per heavy atom. The molecule has 7 heteroatoms. The molecule has 174 valence electrons. The number of hydrogen-bond acceptors (Lipinski definition) is 6. The molecule has 0 bridgehead atoms. The van der Waals surface area contributed by atoms with Gasteiger partial charge in [-0.3, -0.25) is 14.4 Å². The van der Waals surface area contributed by atoms with Crippen LogP contribution in [0.1, 0.15) is 66.6 Å². The van der Waals surface area contributed by atoms with Gasteiger partial charge in [-0.05, 0) is 61.6 Å². The Morgan fingerprint density at radius 1 is 1.09 bits per heavy atom. The standard InChI is InChI=1S/C25H33NO6/c1-15(2)20(13-23(28)31-4)24(29)26-12-6-9-21(26)25(30)32-14-22(27)19-11-10-16(3)17-7-5-8-18(17)19/h10-11,15,20-21H,5-9,12-14H2,1-4H3/t20-,21-/m0/s1. The van der Waals surface area contributed by atoms with Crippen molar-refractivity contribution in [3.63, 3.8) is 0 Å². The van der Waals surface area contributed by atoms with Gasteiger partial charge in [0.2, 0.25) is 11.7 Å². The first-order valence-electron chi connectivity index (χ1n) is 11.4. The van der Waals surface area contributed by atoms with Crippen molar-refractivity contribution in [2.45, 2.75) is 65.3 Å². The van der Waals surface area contributed by atoms with E-state index >= 15 is 0 Å². The average Bonchev–Trinajstić information content (AvgIpc) is 3.45. The van der Waals surface area contributed by atoms with E-state index in [0.29, 0.717) is 24.9 Å². The summed E-state index contributed by atoms with van der Waals surface area (Å²) in [6, 6.07) is 3.04. The molecule has 32 heavy (non-hydrogen) atoms. The van der Waals surface area contributed by atoms with Crippen molar-refractivity contribution >= 4 is 23.6 Å². The minimum Gasteiger partial charge on any atom is -0.469 e. The Balaban J connectivity index is 1.64. The van der Waals surface area contributed by atoms with Crippen LogP contribution >= 0.6 is 0 Å². The number of ketones is 1. The molecule has 1 heterocycles. The quantitative estimate of drug-likeness (QED) is 0.453. The van der Waals surface area contributed by atoms with Crippen molar-refractivity contribution in [3.8, 4) is 0 Å². The second-order valence-electron chi connectivity index (χ2n) is 9.09. The van der Waals surface area contributed by atoms with E-state index in [9.17, 15) is 19.2 Å². The van der Waals surface area contributed by atoms with Crippen LogP contribution in [0.4, 0.5) is 0 Å². The summed E-state index contributed by atoms with van der Waals surface area (Å²) in [6.45, 7) is 5.89. The van der Waals surface area contributed by atoms with Gasteiger partial charge in [0, 0.05) is 12.1 Å². The summed E-state index contributed by atoms with van der Waals surface area (Å²) in [4.78, 5) is 52.0. The van der Waals surface area contributed by atoms with E-state index in [4.69, 9.17) is 9.47 Å². The van der Waals surface area contributed by atoms with Gasteiger partial charge in [-0.15, -0.1) is 0 Å². The Kier molecular flexibility index (Phi) is 7.69. The number of esters is 2. The average molecular weight is 444 g/mol. The van der Waals surface area contributed by atoms with E-state index in [2.05, 4.69) is 6.92 Å². The SMILES string of the molecule is COC(=O)C[C@H](C(=O)N1CCC[C@H]1C(=O)OCC(=O)c1ccc(C)c2c1CCC2)C(C)C. The zero-order valence-electron chi connectivity index (χ0n) is 19.4. The first-order valence-corrected chi connectivity index (χ1v) is 11.4. The van der Waals surface area contributed by atoms with Crippen LogP contribution in [0.5, 0.6) is 0 Å². The molecule has 1 saturated heterocycles. The summed E-state index contributed by atoms with van der Waals surface area (Å²) in [5.74, 6) is -2.11. The predicted molar refractivity (Wildman–Crippen MR) is 118 cm³/mol. The Labute approximate surface area is 189 Å². The maximum Gasteiger partial charge on any atom is 0.329 e. The molecule has 2 atom stereocenters. The molecular weight excluding hydrogens is 410 g/mol. The van der Waals surface area contributed by atoms with Crippen molar-refractivity contribution in [2.75, 3.05) is 20.3 Å². The van der Waals surface area contributed by atoms with Crippen LogP contribution in [0.2, 0.25) is 0 Å². The molecule has 2 aliphatic rings. The fourth-order valence-electron chi connectivity index (χ4n) is 4.82. The molecule has 1 aromatic rings. The van der Waals surface area contributed by atoms with Crippen molar-refractivity contribution in [1.82, 2.24) is 4.90 Å². The molecule has 0 radical (unpaired) electrons. The number of amides is 1. The summed E-state index contributed by atoms with van der Waals surface area (Å²) < 4.78 is 10.1. The number of Topliss-reactive ketones (excluding diaryl/α,β-unsaturated/α-hetero) is 1. The third kappa shape index (κ3) is 5.03. The minimum atomic E-state index is -0.724. The topological polar surface area (TPSA) is 90.0 Å². The largest absolute Gasteiger partial charge is 0.469 e. The van der Waals surface area contributed by atoms with E-state index in [1.54, 1.807) is 0 Å². The fraction of sp³-hybridized carbons (Fsp3) is 0.600. The fourth-order valence-corrected chi connectivity index (χ4v) is 4.82. The van der Waals surface area contributed by atoms with E-state index in [1.807, 2.05) is 26.0 Å². The van der Waals surface area contributed by atoms with E-state index in [0.717, 1.165) is 24.8 Å². The lowest BCUT2D eigenvalue weighted by Gasteiger charge is -2.29. The number of rotatable bonds is 8. The zero-order chi connectivity index (χ0) is 23.4. The van der Waals surface area contributed by atoms with Crippen molar-refractivity contribution in [2.24, 2.45) is 11.8 Å².